The summed E-state index contributed by atoms with van der Waals surface area (Å²) in [6.45, 7) is 1.88. The molecule has 0 fully saturated rings. The van der Waals surface area contributed by atoms with Crippen LogP contribution in [0, 0.1) is 11.3 Å². The minimum atomic E-state index is -0.208. The van der Waals surface area contributed by atoms with Gasteiger partial charge in [0.25, 0.3) is 5.91 Å². The summed E-state index contributed by atoms with van der Waals surface area (Å²) in [5, 5.41) is 16.0. The second kappa shape index (κ2) is 6.75. The van der Waals surface area contributed by atoms with Crippen LogP contribution >= 0.6 is 0 Å². The van der Waals surface area contributed by atoms with Crippen molar-refractivity contribution in [1.82, 2.24) is 20.1 Å². The molecule has 0 saturated heterocycles. The first-order valence-electron chi connectivity index (χ1n) is 7.43. The molecule has 0 radical (unpaired) electrons. The summed E-state index contributed by atoms with van der Waals surface area (Å²) < 4.78 is 1.59. The Morgan fingerprint density at radius 1 is 1.25 bits per heavy atom. The van der Waals surface area contributed by atoms with E-state index in [0.717, 1.165) is 11.3 Å². The lowest BCUT2D eigenvalue weighted by atomic mass is 10.1. The van der Waals surface area contributed by atoms with Crippen molar-refractivity contribution < 1.29 is 4.79 Å². The molecule has 1 heterocycles. The van der Waals surface area contributed by atoms with E-state index in [2.05, 4.69) is 21.5 Å². The van der Waals surface area contributed by atoms with Gasteiger partial charge in [-0.25, -0.2) is 9.67 Å². The van der Waals surface area contributed by atoms with Crippen LogP contribution in [0.4, 0.5) is 0 Å². The first-order valence-corrected chi connectivity index (χ1v) is 7.43. The number of hydrogen-bond donors (Lipinski definition) is 1. The first kappa shape index (κ1) is 15.4. The van der Waals surface area contributed by atoms with Crippen molar-refractivity contribution in [3.8, 4) is 11.8 Å². The SMILES string of the molecule is C[C@H](NC(=O)c1cccc(-n2cncn2)c1)c1cccc(C#N)c1. The Hall–Kier alpha value is -3.46. The maximum absolute atomic E-state index is 12.5. The molecule has 0 saturated carbocycles. The van der Waals surface area contributed by atoms with Crippen molar-refractivity contribution in [2.45, 2.75) is 13.0 Å². The zero-order chi connectivity index (χ0) is 16.9. The normalized spacial score (nSPS) is 11.5. The van der Waals surface area contributed by atoms with Crippen LogP contribution in [0.15, 0.2) is 61.2 Å². The van der Waals surface area contributed by atoms with E-state index < -0.39 is 0 Å². The third-order valence-electron chi connectivity index (χ3n) is 3.65. The fraction of sp³-hybridized carbons (Fsp3) is 0.111. The van der Waals surface area contributed by atoms with Gasteiger partial charge in [-0.2, -0.15) is 10.4 Å². The van der Waals surface area contributed by atoms with E-state index >= 15 is 0 Å². The van der Waals surface area contributed by atoms with Crippen molar-refractivity contribution in [2.24, 2.45) is 0 Å². The van der Waals surface area contributed by atoms with Gasteiger partial charge in [-0.05, 0) is 42.8 Å². The molecule has 0 bridgehead atoms. The highest BCUT2D eigenvalue weighted by atomic mass is 16.1. The fourth-order valence-corrected chi connectivity index (χ4v) is 2.37. The van der Waals surface area contributed by atoms with Crippen molar-refractivity contribution >= 4 is 5.91 Å². The second-order valence-electron chi connectivity index (χ2n) is 5.32. The van der Waals surface area contributed by atoms with Gasteiger partial charge >= 0.3 is 0 Å². The number of amides is 1. The van der Waals surface area contributed by atoms with E-state index in [1.807, 2.05) is 25.1 Å². The molecule has 3 aromatic rings. The predicted octanol–water partition coefficient (Wildman–Crippen LogP) is 2.63. The molecule has 0 unspecified atom stereocenters. The molecule has 118 valence electrons. The number of aromatic nitrogens is 3. The molecule has 6 nitrogen and oxygen atoms in total. The summed E-state index contributed by atoms with van der Waals surface area (Å²) in [6.07, 6.45) is 3.02. The highest BCUT2D eigenvalue weighted by Crippen LogP contribution is 2.15. The summed E-state index contributed by atoms with van der Waals surface area (Å²) >= 11 is 0. The van der Waals surface area contributed by atoms with Gasteiger partial charge in [0.05, 0.1) is 23.4 Å². The number of nitrogens with one attached hydrogen (secondary N) is 1. The number of carbonyl (C=O) groups is 1. The molecule has 1 amide bonds. The Kier molecular flexibility index (Phi) is 4.34. The fourth-order valence-electron chi connectivity index (χ4n) is 2.37. The van der Waals surface area contributed by atoms with Crippen LogP contribution in [0.2, 0.25) is 0 Å². The van der Waals surface area contributed by atoms with Crippen molar-refractivity contribution in [2.75, 3.05) is 0 Å². The van der Waals surface area contributed by atoms with Gasteiger partial charge in [-0.1, -0.05) is 18.2 Å². The van der Waals surface area contributed by atoms with Gasteiger partial charge in [0.2, 0.25) is 0 Å². The van der Waals surface area contributed by atoms with Gasteiger partial charge in [0.15, 0.2) is 0 Å². The molecule has 0 aliphatic carbocycles. The van der Waals surface area contributed by atoms with Crippen molar-refractivity contribution in [3.63, 3.8) is 0 Å². The minimum Gasteiger partial charge on any atom is -0.346 e. The zero-order valence-corrected chi connectivity index (χ0v) is 13.0. The van der Waals surface area contributed by atoms with Crippen LogP contribution in [0.5, 0.6) is 0 Å². The van der Waals surface area contributed by atoms with Crippen molar-refractivity contribution in [3.05, 3.63) is 77.9 Å². The lowest BCUT2D eigenvalue weighted by Gasteiger charge is -2.15. The molecule has 0 aliphatic heterocycles. The summed E-state index contributed by atoms with van der Waals surface area (Å²) in [6, 6.07) is 16.2. The standard InChI is InChI=1S/C18H15N5O/c1-13(15-5-2-4-14(8-15)10-19)22-18(24)16-6-3-7-17(9-16)23-12-20-11-21-23/h2-9,11-13H,1H3,(H,22,24)/t13-/m0/s1. The molecule has 1 aromatic heterocycles. The van der Waals surface area contributed by atoms with E-state index in [-0.39, 0.29) is 11.9 Å². The van der Waals surface area contributed by atoms with E-state index in [0.29, 0.717) is 11.1 Å². The van der Waals surface area contributed by atoms with E-state index in [1.54, 1.807) is 41.3 Å². The number of hydrogen-bond acceptors (Lipinski definition) is 4. The summed E-state index contributed by atoms with van der Waals surface area (Å²) in [5.74, 6) is -0.188. The number of nitriles is 1. The van der Waals surface area contributed by atoms with Crippen LogP contribution in [0.1, 0.15) is 34.5 Å². The molecule has 0 aliphatic rings. The van der Waals surface area contributed by atoms with E-state index in [1.165, 1.54) is 6.33 Å². The summed E-state index contributed by atoms with van der Waals surface area (Å²) in [5.41, 5.74) is 2.75. The molecule has 1 N–H and O–H groups in total. The first-order chi connectivity index (χ1) is 11.7. The van der Waals surface area contributed by atoms with Gasteiger partial charge in [0.1, 0.15) is 12.7 Å². The lowest BCUT2D eigenvalue weighted by molar-refractivity contribution is 0.0940. The number of carbonyl (C=O) groups excluding carboxylic acids is 1. The molecule has 6 heteroatoms. The van der Waals surface area contributed by atoms with Crippen LogP contribution in [-0.2, 0) is 0 Å². The average molecular weight is 317 g/mol. The van der Waals surface area contributed by atoms with E-state index in [9.17, 15) is 4.79 Å². The largest absolute Gasteiger partial charge is 0.346 e. The molecular formula is C18H15N5O. The van der Waals surface area contributed by atoms with Crippen molar-refractivity contribution in [1.29, 1.82) is 5.26 Å². The molecule has 0 spiro atoms. The topological polar surface area (TPSA) is 83.6 Å². The highest BCUT2D eigenvalue weighted by Gasteiger charge is 2.12. The molecule has 24 heavy (non-hydrogen) atoms. The van der Waals surface area contributed by atoms with Gasteiger partial charge in [0, 0.05) is 5.56 Å². The minimum absolute atomic E-state index is 0.188. The molecule has 3 rings (SSSR count). The smallest absolute Gasteiger partial charge is 0.251 e. The van der Waals surface area contributed by atoms with Crippen LogP contribution in [0.3, 0.4) is 0 Å². The van der Waals surface area contributed by atoms with Gasteiger partial charge < -0.3 is 5.32 Å². The number of benzene rings is 2. The Morgan fingerprint density at radius 2 is 2.08 bits per heavy atom. The number of rotatable bonds is 4. The second-order valence-corrected chi connectivity index (χ2v) is 5.32. The van der Waals surface area contributed by atoms with Crippen LogP contribution < -0.4 is 5.32 Å². The quantitative estimate of drug-likeness (QED) is 0.801. The Labute approximate surface area is 139 Å². The average Bonchev–Trinajstić information content (AvgIpc) is 3.16. The molecule has 1 atom stereocenters. The lowest BCUT2D eigenvalue weighted by Crippen LogP contribution is -2.26. The number of nitrogens with zero attached hydrogens (tertiary/aromatic N) is 4. The zero-order valence-electron chi connectivity index (χ0n) is 13.0. The van der Waals surface area contributed by atoms with Crippen LogP contribution in [-0.4, -0.2) is 20.7 Å². The predicted molar refractivity (Wildman–Crippen MR) is 88.4 cm³/mol. The summed E-state index contributed by atoms with van der Waals surface area (Å²) in [4.78, 5) is 16.4. The Balaban J connectivity index is 1.77. The van der Waals surface area contributed by atoms with Crippen LogP contribution in [0.25, 0.3) is 5.69 Å². The maximum Gasteiger partial charge on any atom is 0.251 e. The van der Waals surface area contributed by atoms with Gasteiger partial charge in [-0.15, -0.1) is 0 Å². The molecule has 2 aromatic carbocycles. The molecular weight excluding hydrogens is 302 g/mol. The van der Waals surface area contributed by atoms with Gasteiger partial charge in [-0.3, -0.25) is 4.79 Å². The van der Waals surface area contributed by atoms with E-state index in [4.69, 9.17) is 5.26 Å². The monoisotopic (exact) mass is 317 g/mol. The summed E-state index contributed by atoms with van der Waals surface area (Å²) in [7, 11) is 0. The maximum atomic E-state index is 12.5. The third kappa shape index (κ3) is 3.31. The highest BCUT2D eigenvalue weighted by molar-refractivity contribution is 5.95. The Morgan fingerprint density at radius 3 is 2.83 bits per heavy atom. The Bertz CT molecular complexity index is 896. The third-order valence-corrected chi connectivity index (χ3v) is 3.65.